The van der Waals surface area contributed by atoms with E-state index in [4.69, 9.17) is 4.98 Å². The molecule has 4 aromatic rings. The number of hydrogen-bond acceptors (Lipinski definition) is 5. The third-order valence-electron chi connectivity index (χ3n) is 4.81. The number of imidazole rings is 1. The molecular weight excluding hydrogens is 342 g/mol. The Morgan fingerprint density at radius 2 is 1.88 bits per heavy atom. The highest BCUT2D eigenvalue weighted by Crippen LogP contribution is 2.29. The van der Waals surface area contributed by atoms with Crippen LogP contribution in [0, 0.1) is 0 Å². The third kappa shape index (κ3) is 2.93. The molecule has 0 bridgehead atoms. The molecule has 0 aliphatic carbocycles. The molecule has 3 heterocycles. The minimum Gasteiger partial charge on any atom is -0.372 e. The van der Waals surface area contributed by atoms with Gasteiger partial charge in [0.1, 0.15) is 0 Å². The summed E-state index contributed by atoms with van der Waals surface area (Å²) in [5.74, 6) is 0. The van der Waals surface area contributed by atoms with Crippen LogP contribution < -0.4 is 10.2 Å². The van der Waals surface area contributed by atoms with Gasteiger partial charge in [-0.05, 0) is 43.2 Å². The van der Waals surface area contributed by atoms with E-state index in [-0.39, 0.29) is 0 Å². The van der Waals surface area contributed by atoms with Gasteiger partial charge in [-0.25, -0.2) is 9.97 Å². The van der Waals surface area contributed by atoms with E-state index >= 15 is 0 Å². The van der Waals surface area contributed by atoms with E-state index in [1.54, 1.807) is 17.7 Å². The summed E-state index contributed by atoms with van der Waals surface area (Å²) in [5.41, 5.74) is 6.46. The van der Waals surface area contributed by atoms with Crippen LogP contribution in [0.2, 0.25) is 0 Å². The van der Waals surface area contributed by atoms with Crippen molar-refractivity contribution in [3.05, 3.63) is 54.2 Å². The van der Waals surface area contributed by atoms with Crippen LogP contribution in [-0.4, -0.2) is 28.0 Å². The van der Waals surface area contributed by atoms with Crippen molar-refractivity contribution in [3.63, 3.8) is 0 Å². The van der Waals surface area contributed by atoms with Crippen molar-refractivity contribution in [1.82, 2.24) is 15.0 Å². The zero-order valence-corrected chi connectivity index (χ0v) is 15.1. The smallest absolute Gasteiger partial charge is 0.187 e. The molecule has 0 atom stereocenters. The summed E-state index contributed by atoms with van der Waals surface area (Å²) in [6.45, 7) is 2.34. The summed E-state index contributed by atoms with van der Waals surface area (Å²) in [5, 5.41) is 6.37. The lowest BCUT2D eigenvalue weighted by Crippen LogP contribution is -2.17. The first-order chi connectivity index (χ1) is 12.8. The lowest BCUT2D eigenvalue weighted by atomic mass is 10.1. The number of anilines is 3. The Kier molecular flexibility index (Phi) is 3.83. The SMILES string of the molecule is c1nc2ccc(Nc3nc(-c4ccc(N5CCCC5)cc4)cs3)cc2[nH]1. The van der Waals surface area contributed by atoms with Crippen molar-refractivity contribution in [1.29, 1.82) is 0 Å². The van der Waals surface area contributed by atoms with Crippen LogP contribution in [0.5, 0.6) is 0 Å². The molecule has 1 aliphatic heterocycles. The van der Waals surface area contributed by atoms with E-state index in [9.17, 15) is 0 Å². The number of nitrogens with one attached hydrogen (secondary N) is 2. The fourth-order valence-electron chi connectivity index (χ4n) is 3.42. The molecule has 1 aliphatic rings. The minimum absolute atomic E-state index is 0.891. The maximum atomic E-state index is 4.74. The van der Waals surface area contributed by atoms with E-state index < -0.39 is 0 Å². The van der Waals surface area contributed by atoms with Crippen LogP contribution in [0.15, 0.2) is 54.2 Å². The van der Waals surface area contributed by atoms with Gasteiger partial charge in [-0.2, -0.15) is 0 Å². The number of benzene rings is 2. The molecule has 26 heavy (non-hydrogen) atoms. The molecule has 0 unspecified atom stereocenters. The molecule has 5 nitrogen and oxygen atoms in total. The van der Waals surface area contributed by atoms with Gasteiger partial charge in [0.15, 0.2) is 5.13 Å². The molecule has 0 radical (unpaired) electrons. The molecule has 1 saturated heterocycles. The number of thiazole rings is 1. The number of aromatic amines is 1. The Labute approximate surface area is 155 Å². The van der Waals surface area contributed by atoms with Crippen LogP contribution >= 0.6 is 11.3 Å². The van der Waals surface area contributed by atoms with Crippen LogP contribution in [0.4, 0.5) is 16.5 Å². The Hall–Kier alpha value is -2.86. The Bertz CT molecular complexity index is 1030. The highest BCUT2D eigenvalue weighted by Gasteiger charge is 2.12. The molecule has 1 fully saturated rings. The summed E-state index contributed by atoms with van der Waals surface area (Å²) in [7, 11) is 0. The molecule has 0 amide bonds. The predicted molar refractivity (Wildman–Crippen MR) is 108 cm³/mol. The first-order valence-corrected chi connectivity index (χ1v) is 9.74. The topological polar surface area (TPSA) is 56.8 Å². The van der Waals surface area contributed by atoms with Gasteiger partial charge in [0.2, 0.25) is 0 Å². The van der Waals surface area contributed by atoms with Gasteiger partial charge in [0, 0.05) is 35.4 Å². The lowest BCUT2D eigenvalue weighted by molar-refractivity contribution is 0.949. The van der Waals surface area contributed by atoms with Crippen LogP contribution in [0.1, 0.15) is 12.8 Å². The quantitative estimate of drug-likeness (QED) is 0.535. The monoisotopic (exact) mass is 361 g/mol. The first kappa shape index (κ1) is 15.4. The predicted octanol–water partition coefficient (Wildman–Crippen LogP) is 5.03. The number of nitrogens with zero attached hydrogens (tertiary/aromatic N) is 3. The highest BCUT2D eigenvalue weighted by atomic mass is 32.1. The Balaban J connectivity index is 1.34. The second-order valence-electron chi connectivity index (χ2n) is 6.54. The summed E-state index contributed by atoms with van der Waals surface area (Å²) >= 11 is 1.62. The summed E-state index contributed by atoms with van der Waals surface area (Å²) in [6.07, 6.45) is 4.31. The molecule has 130 valence electrons. The van der Waals surface area contributed by atoms with Gasteiger partial charge in [-0.1, -0.05) is 12.1 Å². The Morgan fingerprint density at radius 1 is 1.04 bits per heavy atom. The number of fused-ring (bicyclic) bond motifs is 1. The van der Waals surface area contributed by atoms with E-state index in [2.05, 4.69) is 49.8 Å². The maximum absolute atomic E-state index is 4.74. The van der Waals surface area contributed by atoms with Crippen LogP contribution in [-0.2, 0) is 0 Å². The maximum Gasteiger partial charge on any atom is 0.187 e. The summed E-state index contributed by atoms with van der Waals surface area (Å²) in [4.78, 5) is 14.6. The number of aromatic nitrogens is 3. The van der Waals surface area contributed by atoms with E-state index in [0.29, 0.717) is 0 Å². The molecule has 6 heteroatoms. The second-order valence-corrected chi connectivity index (χ2v) is 7.40. The molecule has 5 rings (SSSR count). The number of H-pyrrole nitrogens is 1. The average molecular weight is 361 g/mol. The van der Waals surface area contributed by atoms with Gasteiger partial charge in [-0.3, -0.25) is 0 Å². The molecular formula is C20H19N5S. The normalized spacial score (nSPS) is 14.2. The number of rotatable bonds is 4. The zero-order chi connectivity index (χ0) is 17.3. The fourth-order valence-corrected chi connectivity index (χ4v) is 4.16. The number of hydrogen-bond donors (Lipinski definition) is 2. The minimum atomic E-state index is 0.891. The summed E-state index contributed by atoms with van der Waals surface area (Å²) < 4.78 is 0. The van der Waals surface area contributed by atoms with Crippen LogP contribution in [0.3, 0.4) is 0 Å². The van der Waals surface area contributed by atoms with Gasteiger partial charge in [-0.15, -0.1) is 11.3 Å². The molecule has 2 N–H and O–H groups in total. The van der Waals surface area contributed by atoms with Gasteiger partial charge >= 0.3 is 0 Å². The van der Waals surface area contributed by atoms with E-state index in [0.717, 1.165) is 33.1 Å². The van der Waals surface area contributed by atoms with E-state index in [1.165, 1.54) is 31.6 Å². The Morgan fingerprint density at radius 3 is 2.73 bits per heavy atom. The highest BCUT2D eigenvalue weighted by molar-refractivity contribution is 7.14. The van der Waals surface area contributed by atoms with Crippen molar-refractivity contribution in [3.8, 4) is 11.3 Å². The van der Waals surface area contributed by atoms with Crippen LogP contribution in [0.25, 0.3) is 22.3 Å². The molecule has 2 aromatic carbocycles. The fraction of sp³-hybridized carbons (Fsp3) is 0.200. The van der Waals surface area contributed by atoms with Gasteiger partial charge < -0.3 is 15.2 Å². The molecule has 0 saturated carbocycles. The van der Waals surface area contributed by atoms with Gasteiger partial charge in [0.25, 0.3) is 0 Å². The lowest BCUT2D eigenvalue weighted by Gasteiger charge is -2.17. The first-order valence-electron chi connectivity index (χ1n) is 8.86. The molecule has 0 spiro atoms. The summed E-state index contributed by atoms with van der Waals surface area (Å²) in [6, 6.07) is 14.8. The van der Waals surface area contributed by atoms with Crippen molar-refractivity contribution >= 4 is 38.9 Å². The third-order valence-corrected chi connectivity index (χ3v) is 5.57. The zero-order valence-electron chi connectivity index (χ0n) is 14.3. The van der Waals surface area contributed by atoms with E-state index in [1.807, 2.05) is 18.2 Å². The van der Waals surface area contributed by atoms with Crippen molar-refractivity contribution in [2.45, 2.75) is 12.8 Å². The standard InChI is InChI=1S/C20H19N5S/c1-2-10-25(9-1)16-6-3-14(4-7-16)19-12-26-20(24-19)23-15-5-8-17-18(11-15)22-13-21-17/h3-8,11-13H,1-2,9-10H2,(H,21,22)(H,23,24). The second kappa shape index (κ2) is 6.46. The average Bonchev–Trinajstić information content (AvgIpc) is 3.43. The molecule has 2 aromatic heterocycles. The van der Waals surface area contributed by atoms with Crippen molar-refractivity contribution < 1.29 is 0 Å². The van der Waals surface area contributed by atoms with Gasteiger partial charge in [0.05, 0.1) is 23.1 Å². The largest absolute Gasteiger partial charge is 0.372 e. The van der Waals surface area contributed by atoms with Crippen molar-refractivity contribution in [2.75, 3.05) is 23.3 Å². The van der Waals surface area contributed by atoms with Crippen molar-refractivity contribution in [2.24, 2.45) is 0 Å².